The van der Waals surface area contributed by atoms with E-state index in [9.17, 15) is 17.6 Å². The Balaban J connectivity index is 0.00000387. The van der Waals surface area contributed by atoms with Crippen LogP contribution in [0.2, 0.25) is 0 Å². The molecule has 1 aliphatic rings. The fourth-order valence-corrected chi connectivity index (χ4v) is 4.34. The fourth-order valence-electron chi connectivity index (χ4n) is 4.34. The number of aromatic nitrogens is 5. The molecule has 5 rings (SSSR count). The highest BCUT2D eigenvalue weighted by molar-refractivity contribution is 5.85. The summed E-state index contributed by atoms with van der Waals surface area (Å²) in [6.07, 6.45) is 2.03. The predicted molar refractivity (Wildman–Crippen MR) is 148 cm³/mol. The summed E-state index contributed by atoms with van der Waals surface area (Å²) in [4.78, 5) is 15.1. The number of alkyl halides is 3. The summed E-state index contributed by atoms with van der Waals surface area (Å²) in [7, 11) is 1.44. The molecule has 9 nitrogen and oxygen atoms in total. The van der Waals surface area contributed by atoms with Crippen LogP contribution in [-0.4, -0.2) is 51.0 Å². The first-order valence-corrected chi connectivity index (χ1v) is 12.3. The van der Waals surface area contributed by atoms with Crippen molar-refractivity contribution < 1.29 is 22.3 Å². The lowest BCUT2D eigenvalue weighted by Crippen LogP contribution is -2.43. The molecule has 41 heavy (non-hydrogen) atoms. The Kier molecular flexibility index (Phi) is 8.95. The quantitative estimate of drug-likeness (QED) is 0.252. The average Bonchev–Trinajstić information content (AvgIpc) is 3.42. The highest BCUT2D eigenvalue weighted by Gasteiger charge is 2.31. The van der Waals surface area contributed by atoms with E-state index in [2.05, 4.69) is 42.1 Å². The summed E-state index contributed by atoms with van der Waals surface area (Å²) in [5, 5.41) is 6.43. The van der Waals surface area contributed by atoms with Gasteiger partial charge in [0, 0.05) is 43.8 Å². The van der Waals surface area contributed by atoms with Gasteiger partial charge < -0.3 is 20.7 Å². The topological polar surface area (TPSA) is 107 Å². The maximum atomic E-state index is 14.6. The molecule has 0 unspecified atom stereocenters. The number of piperidine rings is 1. The average molecular weight is 589 g/mol. The largest absolute Gasteiger partial charge is 0.504 e. The van der Waals surface area contributed by atoms with Gasteiger partial charge in [0.2, 0.25) is 0 Å². The number of hydrogen-bond acceptors (Lipinski definition) is 8. The Hall–Kier alpha value is -4.41. The van der Waals surface area contributed by atoms with Crippen LogP contribution in [0.1, 0.15) is 24.0 Å². The van der Waals surface area contributed by atoms with E-state index in [1.54, 1.807) is 18.2 Å². The third-order valence-electron chi connectivity index (χ3n) is 6.20. The molecule has 14 heteroatoms. The maximum absolute atomic E-state index is 14.6. The number of benzene rings is 1. The molecule has 4 aromatic rings. The summed E-state index contributed by atoms with van der Waals surface area (Å²) < 4.78 is 58.4. The van der Waals surface area contributed by atoms with Crippen molar-refractivity contribution >= 4 is 29.7 Å². The normalized spacial score (nSPS) is 15.0. The Morgan fingerprint density at radius 3 is 2.68 bits per heavy atom. The first-order valence-electron chi connectivity index (χ1n) is 12.3. The zero-order chi connectivity index (χ0) is 28.3. The number of anilines is 3. The number of hydrogen-bond donors (Lipinski definition) is 2. The molecule has 0 aliphatic carbocycles. The Morgan fingerprint density at radius 1 is 1.12 bits per heavy atom. The first-order chi connectivity index (χ1) is 19.2. The molecule has 1 aromatic carbocycles. The monoisotopic (exact) mass is 588 g/mol. The minimum Gasteiger partial charge on any atom is -0.496 e. The van der Waals surface area contributed by atoms with Crippen LogP contribution in [-0.2, 0) is 6.30 Å². The molecule has 0 bridgehead atoms. The Morgan fingerprint density at radius 2 is 1.95 bits per heavy atom. The van der Waals surface area contributed by atoms with Crippen LogP contribution in [0.4, 0.5) is 34.9 Å². The van der Waals surface area contributed by atoms with Crippen LogP contribution in [0.15, 0.2) is 55.1 Å². The van der Waals surface area contributed by atoms with Crippen molar-refractivity contribution in [2.45, 2.75) is 25.2 Å². The summed E-state index contributed by atoms with van der Waals surface area (Å²) in [6, 6.07) is 7.79. The van der Waals surface area contributed by atoms with Crippen molar-refractivity contribution in [3.05, 3.63) is 72.1 Å². The van der Waals surface area contributed by atoms with E-state index < -0.39 is 12.1 Å². The number of methoxy groups -OCH3 is 1. The van der Waals surface area contributed by atoms with Gasteiger partial charge in [-0.25, -0.2) is 19.3 Å². The van der Waals surface area contributed by atoms with E-state index in [0.717, 1.165) is 31.8 Å². The van der Waals surface area contributed by atoms with Crippen LogP contribution < -0.4 is 20.7 Å². The lowest BCUT2D eigenvalue weighted by atomic mass is 10.0. The molecule has 3 N–H and O–H groups in total. The van der Waals surface area contributed by atoms with Crippen LogP contribution in [0.5, 0.6) is 5.75 Å². The number of pyridine rings is 1. The number of nitrogens with one attached hydrogen (secondary N) is 1. The number of ether oxygens (including phenoxy) is 1. The van der Waals surface area contributed by atoms with Crippen molar-refractivity contribution in [1.82, 2.24) is 24.7 Å². The fraction of sp³-hybridized carbons (Fsp3) is 0.259. The minimum absolute atomic E-state index is 0. The molecule has 1 fully saturated rings. The van der Waals surface area contributed by atoms with Crippen molar-refractivity contribution in [2.75, 3.05) is 30.4 Å². The van der Waals surface area contributed by atoms with Crippen molar-refractivity contribution in [2.24, 2.45) is 5.73 Å². The molecular formula is C27H25ClF4N8O. The third-order valence-corrected chi connectivity index (χ3v) is 6.20. The summed E-state index contributed by atoms with van der Waals surface area (Å²) >= 11 is 0. The molecular weight excluding hydrogens is 564 g/mol. The van der Waals surface area contributed by atoms with E-state index in [0.29, 0.717) is 35.2 Å². The molecule has 0 spiro atoms. The SMILES string of the molecule is COc1cccc(F)c1-c1nccc(Nc2cc(N3CCC[C@H](N)C3)c(C#Cc3cnn(C(F)(F)F)c3)cn2)n1.Cl. The summed E-state index contributed by atoms with van der Waals surface area (Å²) in [5.74, 6) is 6.34. The molecule has 1 aliphatic heterocycles. The standard InChI is InChI=1S/C27H24F4N8O.ClH/c1-40-22-6-2-5-20(28)25(22)26-33-10-9-23(37-26)36-24-12-21(38-11-3-4-19(32)16-38)18(14-34-24)8-7-17-13-35-39(15-17)27(29,30)31;/h2,5-6,9-10,12-15,19H,3-4,11,16,32H2,1H3,(H,33,34,36,37);1H/t19-;/m0./s1. The molecule has 0 amide bonds. The second-order valence-corrected chi connectivity index (χ2v) is 9.03. The van der Waals surface area contributed by atoms with Crippen LogP contribution in [0.25, 0.3) is 11.4 Å². The van der Waals surface area contributed by atoms with Gasteiger partial charge in [-0.15, -0.1) is 25.6 Å². The van der Waals surface area contributed by atoms with Gasteiger partial charge in [0.25, 0.3) is 0 Å². The van der Waals surface area contributed by atoms with Gasteiger partial charge in [-0.1, -0.05) is 17.9 Å². The zero-order valence-electron chi connectivity index (χ0n) is 21.7. The van der Waals surface area contributed by atoms with Crippen molar-refractivity contribution in [1.29, 1.82) is 0 Å². The molecule has 1 atom stereocenters. The second-order valence-electron chi connectivity index (χ2n) is 9.03. The number of rotatable bonds is 5. The highest BCUT2D eigenvalue weighted by Crippen LogP contribution is 2.31. The van der Waals surface area contributed by atoms with Gasteiger partial charge in [0.15, 0.2) is 5.82 Å². The van der Waals surface area contributed by atoms with E-state index in [4.69, 9.17) is 10.5 Å². The predicted octanol–water partition coefficient (Wildman–Crippen LogP) is 4.85. The van der Waals surface area contributed by atoms with Crippen LogP contribution >= 0.6 is 12.4 Å². The molecule has 3 aromatic heterocycles. The lowest BCUT2D eigenvalue weighted by molar-refractivity contribution is -0.212. The van der Waals surface area contributed by atoms with Gasteiger partial charge in [0.05, 0.1) is 35.7 Å². The number of halogens is 5. The molecule has 0 radical (unpaired) electrons. The number of nitrogens with two attached hydrogens (primary N) is 1. The van der Waals surface area contributed by atoms with E-state index in [1.807, 2.05) is 0 Å². The van der Waals surface area contributed by atoms with Gasteiger partial charge >= 0.3 is 6.30 Å². The van der Waals surface area contributed by atoms with Gasteiger partial charge in [0.1, 0.15) is 23.2 Å². The minimum atomic E-state index is -4.62. The van der Waals surface area contributed by atoms with Gasteiger partial charge in [-0.3, -0.25) is 0 Å². The van der Waals surface area contributed by atoms with Crippen LogP contribution in [0, 0.1) is 17.7 Å². The van der Waals surface area contributed by atoms with Gasteiger partial charge in [-0.05, 0) is 31.0 Å². The van der Waals surface area contributed by atoms with E-state index >= 15 is 0 Å². The first kappa shape index (κ1) is 29.6. The molecule has 0 saturated carbocycles. The Bertz CT molecular complexity index is 1580. The second kappa shape index (κ2) is 12.4. The maximum Gasteiger partial charge on any atom is 0.504 e. The van der Waals surface area contributed by atoms with Crippen molar-refractivity contribution in [3.8, 4) is 29.0 Å². The zero-order valence-corrected chi connectivity index (χ0v) is 22.5. The summed E-state index contributed by atoms with van der Waals surface area (Å²) in [6.45, 7) is 1.30. The molecule has 4 heterocycles. The van der Waals surface area contributed by atoms with E-state index in [1.165, 1.54) is 31.6 Å². The summed E-state index contributed by atoms with van der Waals surface area (Å²) in [5.41, 5.74) is 7.67. The Labute approximate surface area is 239 Å². The van der Waals surface area contributed by atoms with Crippen molar-refractivity contribution in [3.63, 3.8) is 0 Å². The number of nitrogens with zero attached hydrogens (tertiary/aromatic N) is 6. The van der Waals surface area contributed by atoms with E-state index in [-0.39, 0.29) is 40.1 Å². The molecule has 214 valence electrons. The lowest BCUT2D eigenvalue weighted by Gasteiger charge is -2.33. The molecule has 1 saturated heterocycles. The third kappa shape index (κ3) is 6.85. The van der Waals surface area contributed by atoms with Crippen LogP contribution in [0.3, 0.4) is 0 Å². The smallest absolute Gasteiger partial charge is 0.496 e. The highest BCUT2D eigenvalue weighted by atomic mass is 35.5. The van der Waals surface area contributed by atoms with Gasteiger partial charge in [-0.2, -0.15) is 9.78 Å².